The average molecular weight is 393 g/mol. The van der Waals surface area contributed by atoms with Gasteiger partial charge in [0.25, 0.3) is 5.91 Å². The van der Waals surface area contributed by atoms with Crippen LogP contribution in [-0.2, 0) is 20.5 Å². The Morgan fingerprint density at radius 1 is 1.18 bits per heavy atom. The third-order valence-corrected chi connectivity index (χ3v) is 4.71. The molecule has 6 nitrogen and oxygen atoms in total. The summed E-state index contributed by atoms with van der Waals surface area (Å²) < 4.78 is 43.2. The summed E-state index contributed by atoms with van der Waals surface area (Å²) in [6.07, 6.45) is -4.43. The number of hydrogen-bond donors (Lipinski definition) is 2. The molecule has 0 aromatic heterocycles. The molecule has 0 spiro atoms. The second-order valence-corrected chi connectivity index (χ2v) is 6.99. The number of benzene rings is 1. The molecule has 2 aliphatic heterocycles. The fraction of sp³-hybridized carbons (Fsp3) is 0.316. The minimum absolute atomic E-state index is 0.0402. The van der Waals surface area contributed by atoms with Crippen molar-refractivity contribution < 1.29 is 27.5 Å². The van der Waals surface area contributed by atoms with Crippen molar-refractivity contribution in [3.05, 3.63) is 52.2 Å². The summed E-state index contributed by atoms with van der Waals surface area (Å²) >= 11 is 0. The first-order valence-corrected chi connectivity index (χ1v) is 8.40. The lowest BCUT2D eigenvalue weighted by Gasteiger charge is -2.18. The van der Waals surface area contributed by atoms with Crippen molar-refractivity contribution >= 4 is 23.5 Å². The molecule has 3 rings (SSSR count). The van der Waals surface area contributed by atoms with Crippen molar-refractivity contribution in [2.24, 2.45) is 4.99 Å². The minimum atomic E-state index is -4.43. The van der Waals surface area contributed by atoms with E-state index < -0.39 is 29.2 Å². The number of esters is 1. The first-order chi connectivity index (χ1) is 12.9. The molecule has 0 aliphatic carbocycles. The Morgan fingerprint density at radius 3 is 2.29 bits per heavy atom. The monoisotopic (exact) mass is 393 g/mol. The Morgan fingerprint density at radius 2 is 1.79 bits per heavy atom. The number of guanidine groups is 1. The van der Waals surface area contributed by atoms with Gasteiger partial charge in [0.1, 0.15) is 11.3 Å². The molecule has 0 atom stereocenters. The van der Waals surface area contributed by atoms with Gasteiger partial charge in [-0.2, -0.15) is 13.2 Å². The SMILES string of the molecule is CC1=C(/C(C)=C2\N=C(Nc3ccc(C(F)(F)F)cc3)NC2=O)C(=O)OC1(C)C. The zero-order chi connectivity index (χ0) is 20.9. The second-order valence-electron chi connectivity index (χ2n) is 6.99. The molecule has 1 amide bonds. The van der Waals surface area contributed by atoms with Gasteiger partial charge in [-0.25, -0.2) is 9.79 Å². The maximum absolute atomic E-state index is 12.6. The number of hydrogen-bond acceptors (Lipinski definition) is 5. The molecule has 0 saturated carbocycles. The first kappa shape index (κ1) is 19.7. The molecule has 9 heteroatoms. The van der Waals surface area contributed by atoms with E-state index in [2.05, 4.69) is 15.6 Å². The molecule has 0 unspecified atom stereocenters. The van der Waals surface area contributed by atoms with Crippen molar-refractivity contribution in [2.75, 3.05) is 5.32 Å². The zero-order valence-electron chi connectivity index (χ0n) is 15.6. The second kappa shape index (κ2) is 6.50. The number of ether oxygens (including phenoxy) is 1. The van der Waals surface area contributed by atoms with Gasteiger partial charge in [0.2, 0.25) is 5.96 Å². The smallest absolute Gasteiger partial charge is 0.416 e. The van der Waals surface area contributed by atoms with Crippen LogP contribution in [-0.4, -0.2) is 23.4 Å². The highest BCUT2D eigenvalue weighted by atomic mass is 19.4. The summed E-state index contributed by atoms with van der Waals surface area (Å²) in [6.45, 7) is 6.85. The van der Waals surface area contributed by atoms with Crippen LogP contribution in [0.25, 0.3) is 0 Å². The van der Waals surface area contributed by atoms with E-state index in [0.717, 1.165) is 12.1 Å². The molecule has 0 radical (unpaired) electrons. The summed E-state index contributed by atoms with van der Waals surface area (Å²) in [5, 5.41) is 5.25. The normalized spacial score (nSPS) is 20.8. The number of rotatable bonds is 2. The van der Waals surface area contributed by atoms with Gasteiger partial charge in [-0.15, -0.1) is 0 Å². The highest BCUT2D eigenvalue weighted by Crippen LogP contribution is 2.36. The molecular formula is C19H18F3N3O3. The number of halogens is 3. The third kappa shape index (κ3) is 3.51. The minimum Gasteiger partial charge on any atom is -0.451 e. The van der Waals surface area contributed by atoms with Gasteiger partial charge in [-0.3, -0.25) is 10.1 Å². The predicted octanol–water partition coefficient (Wildman–Crippen LogP) is 3.53. The van der Waals surface area contributed by atoms with Crippen molar-refractivity contribution in [3.8, 4) is 0 Å². The van der Waals surface area contributed by atoms with Crippen LogP contribution in [0.4, 0.5) is 18.9 Å². The number of anilines is 1. The van der Waals surface area contributed by atoms with E-state index in [0.29, 0.717) is 22.4 Å². The highest BCUT2D eigenvalue weighted by molar-refractivity contribution is 6.17. The number of aliphatic imine (C=N–C) groups is 1. The lowest BCUT2D eigenvalue weighted by Crippen LogP contribution is -2.30. The van der Waals surface area contributed by atoms with Crippen molar-refractivity contribution in [1.29, 1.82) is 0 Å². The van der Waals surface area contributed by atoms with Crippen LogP contribution in [0.15, 0.2) is 51.7 Å². The number of carbonyl (C=O) groups excluding carboxylic acids is 2. The van der Waals surface area contributed by atoms with Crippen LogP contribution in [0.1, 0.15) is 33.3 Å². The summed E-state index contributed by atoms with van der Waals surface area (Å²) in [4.78, 5) is 28.6. The van der Waals surface area contributed by atoms with E-state index in [1.807, 2.05) is 0 Å². The van der Waals surface area contributed by atoms with Crippen LogP contribution in [0.2, 0.25) is 0 Å². The largest absolute Gasteiger partial charge is 0.451 e. The molecular weight excluding hydrogens is 375 g/mol. The average Bonchev–Trinajstić information content (AvgIpc) is 3.03. The van der Waals surface area contributed by atoms with Gasteiger partial charge in [-0.05, 0) is 63.1 Å². The summed E-state index contributed by atoms with van der Waals surface area (Å²) in [7, 11) is 0. The molecule has 0 bridgehead atoms. The zero-order valence-corrected chi connectivity index (χ0v) is 15.6. The van der Waals surface area contributed by atoms with E-state index >= 15 is 0 Å². The Hall–Kier alpha value is -3.10. The van der Waals surface area contributed by atoms with Crippen LogP contribution in [0.5, 0.6) is 0 Å². The summed E-state index contributed by atoms with van der Waals surface area (Å²) in [5.74, 6) is -0.993. The molecule has 2 heterocycles. The summed E-state index contributed by atoms with van der Waals surface area (Å²) in [5.41, 5.74) is 0.172. The number of nitrogens with one attached hydrogen (secondary N) is 2. The van der Waals surface area contributed by atoms with Gasteiger partial charge in [-0.1, -0.05) is 0 Å². The van der Waals surface area contributed by atoms with Crippen molar-refractivity contribution in [1.82, 2.24) is 5.32 Å². The number of cyclic esters (lactones) is 1. The van der Waals surface area contributed by atoms with E-state index in [1.54, 1.807) is 27.7 Å². The van der Waals surface area contributed by atoms with Crippen molar-refractivity contribution in [3.63, 3.8) is 0 Å². The Balaban J connectivity index is 1.88. The highest BCUT2D eigenvalue weighted by Gasteiger charge is 2.40. The maximum Gasteiger partial charge on any atom is 0.416 e. The Kier molecular flexibility index (Phi) is 4.57. The van der Waals surface area contributed by atoms with Crippen LogP contribution in [0, 0.1) is 0 Å². The number of carbonyl (C=O) groups is 2. The Labute approximate surface area is 159 Å². The fourth-order valence-corrected chi connectivity index (χ4v) is 2.92. The number of alkyl halides is 3. The van der Waals surface area contributed by atoms with Gasteiger partial charge in [0.15, 0.2) is 0 Å². The third-order valence-electron chi connectivity index (χ3n) is 4.71. The van der Waals surface area contributed by atoms with Gasteiger partial charge < -0.3 is 10.1 Å². The van der Waals surface area contributed by atoms with Crippen LogP contribution >= 0.6 is 0 Å². The quantitative estimate of drug-likeness (QED) is 0.595. The molecule has 28 heavy (non-hydrogen) atoms. The van der Waals surface area contributed by atoms with Gasteiger partial charge in [0.05, 0.1) is 11.1 Å². The molecule has 2 aliphatic rings. The number of amides is 1. The standard InChI is InChI=1S/C19H18F3N3O3/c1-9(13-10(2)18(3,4)28-16(13)27)14-15(26)25-17(24-14)23-12-7-5-11(6-8-12)19(20,21)22/h5-8H,1-4H3,(H2,23,24,25,26)/b14-9-. The predicted molar refractivity (Wildman–Crippen MR) is 96.2 cm³/mol. The summed E-state index contributed by atoms with van der Waals surface area (Å²) in [6, 6.07) is 4.31. The maximum atomic E-state index is 12.6. The Bertz CT molecular complexity index is 955. The molecule has 148 valence electrons. The molecule has 0 saturated heterocycles. The molecule has 0 fully saturated rings. The lowest BCUT2D eigenvalue weighted by atomic mass is 9.93. The van der Waals surface area contributed by atoms with E-state index in [1.165, 1.54) is 12.1 Å². The fourth-order valence-electron chi connectivity index (χ4n) is 2.92. The van der Waals surface area contributed by atoms with Crippen LogP contribution < -0.4 is 10.6 Å². The van der Waals surface area contributed by atoms with E-state index in [4.69, 9.17) is 4.74 Å². The number of nitrogens with zero attached hydrogens (tertiary/aromatic N) is 1. The van der Waals surface area contributed by atoms with E-state index in [9.17, 15) is 22.8 Å². The molecule has 2 N–H and O–H groups in total. The van der Waals surface area contributed by atoms with Gasteiger partial charge in [0, 0.05) is 5.69 Å². The van der Waals surface area contributed by atoms with E-state index in [-0.39, 0.29) is 11.7 Å². The van der Waals surface area contributed by atoms with Crippen LogP contribution in [0.3, 0.4) is 0 Å². The topological polar surface area (TPSA) is 79.8 Å². The first-order valence-electron chi connectivity index (χ1n) is 8.40. The molecule has 1 aromatic carbocycles. The van der Waals surface area contributed by atoms with Gasteiger partial charge >= 0.3 is 12.1 Å². The molecule has 1 aromatic rings. The lowest BCUT2D eigenvalue weighted by molar-refractivity contribution is -0.144. The van der Waals surface area contributed by atoms with Crippen molar-refractivity contribution in [2.45, 2.75) is 39.5 Å².